The van der Waals surface area contributed by atoms with Gasteiger partial charge in [0.15, 0.2) is 0 Å². The van der Waals surface area contributed by atoms with E-state index in [1.807, 2.05) is 5.92 Å². The highest BCUT2D eigenvalue weighted by molar-refractivity contribution is 4.90. The average Bonchev–Trinajstić information content (AvgIpc) is 2.52. The van der Waals surface area contributed by atoms with Crippen molar-refractivity contribution < 1.29 is 0 Å². The quantitative estimate of drug-likeness (QED) is 0.374. The zero-order valence-electron chi connectivity index (χ0n) is 10.7. The largest absolute Gasteiger partial charge is 0.0654 e. The van der Waals surface area contributed by atoms with Gasteiger partial charge in [0.1, 0.15) is 0 Å². The zero-order valence-corrected chi connectivity index (χ0v) is 10.7. The molecule has 0 bridgehead atoms. The Hall–Kier alpha value is 0. The number of rotatable bonds is 7. The van der Waals surface area contributed by atoms with E-state index in [-0.39, 0.29) is 0 Å². The van der Waals surface area contributed by atoms with Crippen LogP contribution in [0.5, 0.6) is 0 Å². The predicted octanol–water partition coefficient (Wildman–Crippen LogP) is 5.67. The fourth-order valence-corrected chi connectivity index (χ4v) is 2.63. The van der Waals surface area contributed by atoms with Crippen molar-refractivity contribution in [2.75, 3.05) is 0 Å². The summed E-state index contributed by atoms with van der Waals surface area (Å²) in [7, 11) is 0. The smallest absolute Gasteiger partial charge is 0.0241 e. The molecule has 0 nitrogen and oxygen atoms in total. The molecule has 0 amide bonds. The second-order valence-electron chi connectivity index (χ2n) is 5.18. The summed E-state index contributed by atoms with van der Waals surface area (Å²) in [5, 5.41) is 0. The highest BCUT2D eigenvalue weighted by atomic mass is 14.2. The van der Waals surface area contributed by atoms with Crippen molar-refractivity contribution >= 4 is 0 Å². The van der Waals surface area contributed by atoms with Crippen molar-refractivity contribution in [2.45, 2.75) is 90.4 Å². The van der Waals surface area contributed by atoms with E-state index in [1.54, 1.807) is 0 Å². The Morgan fingerprint density at radius 1 is 0.733 bits per heavy atom. The van der Waals surface area contributed by atoms with E-state index in [1.165, 1.54) is 83.5 Å². The van der Waals surface area contributed by atoms with Crippen LogP contribution < -0.4 is 0 Å². The molecule has 0 aliphatic heterocycles. The molecule has 1 aliphatic rings. The number of hydrogen-bond donors (Lipinski definition) is 0. The molecule has 15 heavy (non-hydrogen) atoms. The lowest BCUT2D eigenvalue weighted by molar-refractivity contribution is 0.565. The summed E-state index contributed by atoms with van der Waals surface area (Å²) in [6, 6.07) is 0. The number of hydrogen-bond acceptors (Lipinski definition) is 0. The van der Waals surface area contributed by atoms with Crippen LogP contribution in [0.3, 0.4) is 0 Å². The molecule has 0 atom stereocenters. The minimum Gasteiger partial charge on any atom is -0.0654 e. The molecule has 1 rings (SSSR count). The van der Waals surface area contributed by atoms with Crippen molar-refractivity contribution in [3.63, 3.8) is 0 Å². The molecular weight excluding hydrogens is 180 g/mol. The van der Waals surface area contributed by atoms with E-state index in [9.17, 15) is 0 Å². The summed E-state index contributed by atoms with van der Waals surface area (Å²) in [4.78, 5) is 0. The van der Waals surface area contributed by atoms with Gasteiger partial charge in [-0.05, 0) is 25.2 Å². The lowest BCUT2D eigenvalue weighted by Gasteiger charge is -2.12. The van der Waals surface area contributed by atoms with Crippen LogP contribution in [0.25, 0.3) is 0 Å². The van der Waals surface area contributed by atoms with Gasteiger partial charge >= 0.3 is 0 Å². The third kappa shape index (κ3) is 6.98. The fourth-order valence-electron chi connectivity index (χ4n) is 2.63. The van der Waals surface area contributed by atoms with E-state index >= 15 is 0 Å². The Kier molecular flexibility index (Phi) is 8.05. The summed E-state index contributed by atoms with van der Waals surface area (Å²) in [6.45, 7) is 2.29. The first-order valence-corrected chi connectivity index (χ1v) is 7.27. The molecule has 1 saturated carbocycles. The Balaban J connectivity index is 1.89. The van der Waals surface area contributed by atoms with E-state index in [0.29, 0.717) is 0 Å². The molecule has 0 aromatic carbocycles. The standard InChI is InChI=1S/C15H29/c1-2-3-4-5-6-9-12-15-13-10-7-8-11-14-15/h2-14H2,1H3. The van der Waals surface area contributed by atoms with Crippen LogP contribution in [-0.2, 0) is 0 Å². The van der Waals surface area contributed by atoms with Crippen LogP contribution in [0.2, 0.25) is 0 Å². The van der Waals surface area contributed by atoms with Crippen LogP contribution in [-0.4, -0.2) is 0 Å². The lowest BCUT2D eigenvalue weighted by Crippen LogP contribution is -1.95. The minimum atomic E-state index is 1.37. The van der Waals surface area contributed by atoms with Crippen molar-refractivity contribution in [3.8, 4) is 0 Å². The molecule has 0 aromatic heterocycles. The van der Waals surface area contributed by atoms with Crippen molar-refractivity contribution in [3.05, 3.63) is 5.92 Å². The predicted molar refractivity (Wildman–Crippen MR) is 68.9 cm³/mol. The Morgan fingerprint density at radius 3 is 2.00 bits per heavy atom. The first-order chi connectivity index (χ1) is 7.43. The summed E-state index contributed by atoms with van der Waals surface area (Å²) in [6.07, 6.45) is 19.0. The van der Waals surface area contributed by atoms with Crippen LogP contribution in [0.1, 0.15) is 90.4 Å². The first kappa shape index (κ1) is 13.1. The second-order valence-corrected chi connectivity index (χ2v) is 5.18. The summed E-state index contributed by atoms with van der Waals surface area (Å²) in [5.41, 5.74) is 0. The molecule has 1 radical (unpaired) electrons. The van der Waals surface area contributed by atoms with Crippen molar-refractivity contribution in [1.29, 1.82) is 0 Å². The zero-order chi connectivity index (χ0) is 10.8. The minimum absolute atomic E-state index is 1.37. The van der Waals surface area contributed by atoms with Crippen molar-refractivity contribution in [1.82, 2.24) is 0 Å². The van der Waals surface area contributed by atoms with Gasteiger partial charge in [0.2, 0.25) is 0 Å². The molecular formula is C15H29. The highest BCUT2D eigenvalue weighted by Crippen LogP contribution is 2.28. The van der Waals surface area contributed by atoms with E-state index in [4.69, 9.17) is 0 Å². The molecule has 0 unspecified atom stereocenters. The molecule has 1 fully saturated rings. The topological polar surface area (TPSA) is 0 Å². The molecule has 1 aliphatic carbocycles. The van der Waals surface area contributed by atoms with E-state index < -0.39 is 0 Å². The van der Waals surface area contributed by atoms with Gasteiger partial charge in [-0.1, -0.05) is 71.1 Å². The molecule has 0 aromatic rings. The van der Waals surface area contributed by atoms with Gasteiger partial charge in [-0.2, -0.15) is 0 Å². The summed E-state index contributed by atoms with van der Waals surface area (Å²) in [5.74, 6) is 1.89. The fraction of sp³-hybridized carbons (Fsp3) is 0.933. The number of unbranched alkanes of at least 4 members (excludes halogenated alkanes) is 5. The van der Waals surface area contributed by atoms with Crippen molar-refractivity contribution in [2.24, 2.45) is 0 Å². The SMILES string of the molecule is CCCCCCCC[C]1CCCCCC1. The summed E-state index contributed by atoms with van der Waals surface area (Å²) < 4.78 is 0. The van der Waals surface area contributed by atoms with Crippen LogP contribution >= 0.6 is 0 Å². The average molecular weight is 209 g/mol. The van der Waals surface area contributed by atoms with Gasteiger partial charge in [-0.25, -0.2) is 0 Å². The van der Waals surface area contributed by atoms with E-state index in [2.05, 4.69) is 6.92 Å². The molecule has 0 heterocycles. The maximum absolute atomic E-state index is 2.29. The lowest BCUT2D eigenvalue weighted by atomic mass is 9.93. The van der Waals surface area contributed by atoms with E-state index in [0.717, 1.165) is 0 Å². The monoisotopic (exact) mass is 209 g/mol. The summed E-state index contributed by atoms with van der Waals surface area (Å²) >= 11 is 0. The van der Waals surface area contributed by atoms with Crippen LogP contribution in [0, 0.1) is 5.92 Å². The second kappa shape index (κ2) is 9.24. The Bertz CT molecular complexity index is 120. The van der Waals surface area contributed by atoms with Gasteiger partial charge in [0.05, 0.1) is 0 Å². The van der Waals surface area contributed by atoms with Gasteiger partial charge in [-0.15, -0.1) is 0 Å². The molecule has 0 N–H and O–H groups in total. The third-order valence-electron chi connectivity index (χ3n) is 3.69. The Morgan fingerprint density at radius 2 is 1.33 bits per heavy atom. The van der Waals surface area contributed by atoms with Gasteiger partial charge < -0.3 is 0 Å². The molecule has 0 saturated heterocycles. The van der Waals surface area contributed by atoms with Gasteiger partial charge in [-0.3, -0.25) is 0 Å². The Labute approximate surface area is 96.8 Å². The molecule has 89 valence electrons. The third-order valence-corrected chi connectivity index (χ3v) is 3.69. The maximum atomic E-state index is 2.29. The van der Waals surface area contributed by atoms with Gasteiger partial charge in [0.25, 0.3) is 0 Å². The maximum Gasteiger partial charge on any atom is -0.0241 e. The van der Waals surface area contributed by atoms with Gasteiger partial charge in [0, 0.05) is 0 Å². The first-order valence-electron chi connectivity index (χ1n) is 7.27. The van der Waals surface area contributed by atoms with Crippen LogP contribution in [0.15, 0.2) is 0 Å². The molecule has 0 spiro atoms. The normalized spacial score (nSPS) is 19.0. The highest BCUT2D eigenvalue weighted by Gasteiger charge is 2.11. The molecule has 0 heteroatoms. The van der Waals surface area contributed by atoms with Crippen LogP contribution in [0.4, 0.5) is 0 Å².